The molecule has 0 spiro atoms. The van der Waals surface area contributed by atoms with Gasteiger partial charge in [0.25, 0.3) is 0 Å². The molecule has 10 nitrogen and oxygen atoms in total. The van der Waals surface area contributed by atoms with Gasteiger partial charge in [0.05, 0.1) is 22.9 Å². The lowest BCUT2D eigenvalue weighted by atomic mass is 10.0. The number of benzene rings is 2. The van der Waals surface area contributed by atoms with E-state index in [0.717, 1.165) is 16.6 Å². The summed E-state index contributed by atoms with van der Waals surface area (Å²) in [5.74, 6) is 1.38. The van der Waals surface area contributed by atoms with Crippen LogP contribution in [0.25, 0.3) is 27.7 Å². The number of fused-ring (bicyclic) bond motifs is 3. The highest BCUT2D eigenvalue weighted by Gasteiger charge is 2.32. The predicted molar refractivity (Wildman–Crippen MR) is 143 cm³/mol. The molecule has 2 aromatic carbocycles. The fourth-order valence-corrected chi connectivity index (χ4v) is 6.66. The van der Waals surface area contributed by atoms with Gasteiger partial charge in [-0.25, -0.2) is 13.2 Å². The van der Waals surface area contributed by atoms with Gasteiger partial charge in [0.2, 0.25) is 10.0 Å². The Morgan fingerprint density at radius 2 is 1.78 bits per heavy atom. The molecule has 194 valence electrons. The zero-order chi connectivity index (χ0) is 26.2. The molecule has 0 saturated carbocycles. The quantitative estimate of drug-likeness (QED) is 0.365. The minimum absolute atomic E-state index is 0.205. The number of aromatic nitrogens is 4. The Bertz CT molecular complexity index is 1580. The molecule has 1 amide bonds. The lowest BCUT2D eigenvalue weighted by Crippen LogP contribution is -2.50. The third kappa shape index (κ3) is 4.64. The van der Waals surface area contributed by atoms with Crippen LogP contribution in [-0.4, -0.2) is 82.6 Å². The molecular formula is C25H28N6O4S2. The number of ether oxygens (including phenoxy) is 1. The smallest absolute Gasteiger partial charge is 0.409 e. The van der Waals surface area contributed by atoms with Gasteiger partial charge >= 0.3 is 6.09 Å². The van der Waals surface area contributed by atoms with Gasteiger partial charge in [-0.05, 0) is 31.7 Å². The van der Waals surface area contributed by atoms with Crippen molar-refractivity contribution in [1.82, 2.24) is 29.0 Å². The maximum atomic E-state index is 13.7. The van der Waals surface area contributed by atoms with Crippen molar-refractivity contribution in [3.05, 3.63) is 53.9 Å². The van der Waals surface area contributed by atoms with Crippen LogP contribution in [0.15, 0.2) is 47.4 Å². The van der Waals surface area contributed by atoms with Gasteiger partial charge in [-0.1, -0.05) is 36.4 Å². The van der Waals surface area contributed by atoms with Crippen molar-refractivity contribution in [3.63, 3.8) is 0 Å². The Labute approximate surface area is 219 Å². The van der Waals surface area contributed by atoms with E-state index in [1.807, 2.05) is 42.7 Å². The van der Waals surface area contributed by atoms with E-state index in [9.17, 15) is 13.2 Å². The first-order valence-corrected chi connectivity index (χ1v) is 14.8. The molecule has 0 atom stereocenters. The van der Waals surface area contributed by atoms with Crippen molar-refractivity contribution < 1.29 is 17.9 Å². The van der Waals surface area contributed by atoms with Crippen LogP contribution < -0.4 is 0 Å². The summed E-state index contributed by atoms with van der Waals surface area (Å²) >= 11 is 1.63. The Morgan fingerprint density at radius 1 is 1.05 bits per heavy atom. The van der Waals surface area contributed by atoms with E-state index in [-0.39, 0.29) is 37.7 Å². The summed E-state index contributed by atoms with van der Waals surface area (Å²) in [5, 5.41) is 15.3. The summed E-state index contributed by atoms with van der Waals surface area (Å²) < 4.78 is 35.7. The van der Waals surface area contributed by atoms with Gasteiger partial charge in [-0.3, -0.25) is 0 Å². The van der Waals surface area contributed by atoms with Crippen LogP contribution in [0.4, 0.5) is 4.79 Å². The first kappa shape index (κ1) is 25.4. The van der Waals surface area contributed by atoms with E-state index >= 15 is 0 Å². The van der Waals surface area contributed by atoms with Crippen LogP contribution in [0.5, 0.6) is 0 Å². The predicted octanol–water partition coefficient (Wildman–Crippen LogP) is 3.58. The van der Waals surface area contributed by atoms with Gasteiger partial charge in [0.1, 0.15) is 0 Å². The van der Waals surface area contributed by atoms with Crippen LogP contribution in [0.3, 0.4) is 0 Å². The molecule has 1 aliphatic heterocycles. The van der Waals surface area contributed by atoms with Gasteiger partial charge in [-0.15, -0.1) is 10.2 Å². The molecule has 1 aliphatic rings. The van der Waals surface area contributed by atoms with Gasteiger partial charge < -0.3 is 9.64 Å². The average molecular weight is 541 g/mol. The van der Waals surface area contributed by atoms with Gasteiger partial charge in [0.15, 0.2) is 11.5 Å². The normalized spacial score (nSPS) is 14.9. The highest BCUT2D eigenvalue weighted by atomic mass is 32.2. The number of carbonyl (C=O) groups excluding carboxylic acids is 1. The van der Waals surface area contributed by atoms with Crippen LogP contribution in [-0.2, 0) is 20.5 Å². The fourth-order valence-electron chi connectivity index (χ4n) is 4.55. The summed E-state index contributed by atoms with van der Waals surface area (Å²) in [7, 11) is -3.79. The van der Waals surface area contributed by atoms with Gasteiger partial charge in [0, 0.05) is 42.5 Å². The molecule has 0 radical (unpaired) electrons. The maximum absolute atomic E-state index is 13.7. The van der Waals surface area contributed by atoms with Crippen molar-refractivity contribution in [1.29, 1.82) is 0 Å². The Kier molecular flexibility index (Phi) is 7.06. The van der Waals surface area contributed by atoms with E-state index in [0.29, 0.717) is 28.2 Å². The maximum Gasteiger partial charge on any atom is 0.409 e. The molecule has 5 rings (SSSR count). The third-order valence-corrected chi connectivity index (χ3v) is 9.03. The van der Waals surface area contributed by atoms with Crippen LogP contribution in [0, 0.1) is 6.92 Å². The molecule has 1 fully saturated rings. The lowest BCUT2D eigenvalue weighted by molar-refractivity contribution is 0.0934. The molecule has 0 N–H and O–H groups in total. The highest BCUT2D eigenvalue weighted by Crippen LogP contribution is 2.32. The summed E-state index contributed by atoms with van der Waals surface area (Å²) in [5.41, 5.74) is 2.67. The Hall–Kier alpha value is -3.22. The molecule has 12 heteroatoms. The number of carbonyl (C=O) groups is 1. The zero-order valence-electron chi connectivity index (χ0n) is 20.9. The van der Waals surface area contributed by atoms with Crippen molar-refractivity contribution in [2.45, 2.75) is 24.5 Å². The zero-order valence-corrected chi connectivity index (χ0v) is 22.5. The number of hydrogen-bond donors (Lipinski definition) is 0. The summed E-state index contributed by atoms with van der Waals surface area (Å²) in [6.45, 7) is 4.80. The number of hydrogen-bond acceptors (Lipinski definition) is 8. The number of rotatable bonds is 6. The minimum Gasteiger partial charge on any atom is -0.450 e. The fraction of sp³-hybridized carbons (Fsp3) is 0.360. The minimum atomic E-state index is -3.79. The topological polar surface area (TPSA) is 110 Å². The SMILES string of the molecule is CCOC(=O)N1CCN(S(=O)(=O)c2cc(-c3nn4c(CSC)nnc4c4ccccc34)ccc2C)CC1. The molecule has 3 heterocycles. The summed E-state index contributed by atoms with van der Waals surface area (Å²) in [4.78, 5) is 13.8. The number of sulfonamides is 1. The number of amides is 1. The monoisotopic (exact) mass is 540 g/mol. The molecule has 4 aromatic rings. The largest absolute Gasteiger partial charge is 0.450 e. The molecule has 0 bridgehead atoms. The van der Waals surface area contributed by atoms with E-state index in [1.54, 1.807) is 36.2 Å². The Morgan fingerprint density at radius 3 is 2.49 bits per heavy atom. The number of aryl methyl sites for hydroxylation is 1. The second-order valence-electron chi connectivity index (χ2n) is 8.75. The number of nitrogens with zero attached hydrogens (tertiary/aromatic N) is 6. The molecule has 2 aromatic heterocycles. The second kappa shape index (κ2) is 10.3. The van der Waals surface area contributed by atoms with Crippen LogP contribution in [0.1, 0.15) is 18.3 Å². The van der Waals surface area contributed by atoms with E-state index < -0.39 is 16.1 Å². The molecule has 0 unspecified atom stereocenters. The second-order valence-corrected chi connectivity index (χ2v) is 11.5. The summed E-state index contributed by atoms with van der Waals surface area (Å²) in [6, 6.07) is 13.2. The van der Waals surface area contributed by atoms with Crippen molar-refractivity contribution in [2.75, 3.05) is 39.0 Å². The highest BCUT2D eigenvalue weighted by molar-refractivity contribution is 7.97. The lowest BCUT2D eigenvalue weighted by Gasteiger charge is -2.33. The van der Waals surface area contributed by atoms with Crippen molar-refractivity contribution in [2.24, 2.45) is 0 Å². The Balaban J connectivity index is 1.55. The molecule has 37 heavy (non-hydrogen) atoms. The first-order valence-electron chi connectivity index (χ1n) is 12.0. The average Bonchev–Trinajstić information content (AvgIpc) is 3.32. The van der Waals surface area contributed by atoms with Crippen LogP contribution >= 0.6 is 11.8 Å². The van der Waals surface area contributed by atoms with E-state index in [4.69, 9.17) is 9.84 Å². The number of thioether (sulfide) groups is 1. The number of piperazine rings is 1. The molecule has 0 aliphatic carbocycles. The summed E-state index contributed by atoms with van der Waals surface area (Å²) in [6.07, 6.45) is 1.58. The van der Waals surface area contributed by atoms with E-state index in [2.05, 4.69) is 10.2 Å². The van der Waals surface area contributed by atoms with Gasteiger partial charge in [-0.2, -0.15) is 25.7 Å². The van der Waals surface area contributed by atoms with Crippen molar-refractivity contribution >= 4 is 44.3 Å². The molecule has 1 saturated heterocycles. The third-order valence-electron chi connectivity index (χ3n) is 6.45. The van der Waals surface area contributed by atoms with Crippen LogP contribution in [0.2, 0.25) is 0 Å². The molecular weight excluding hydrogens is 512 g/mol. The van der Waals surface area contributed by atoms with E-state index in [1.165, 1.54) is 9.21 Å². The first-order chi connectivity index (χ1) is 17.8. The van der Waals surface area contributed by atoms with Crippen molar-refractivity contribution in [3.8, 4) is 11.3 Å². The standard InChI is InChI=1S/C25H28N6O4S2/c1-4-35-25(32)29-11-13-30(14-12-29)37(33,34)21-15-18(10-9-17(21)2)23-19-7-5-6-8-20(19)24-27-26-22(16-36-3)31(24)28-23/h5-10,15H,4,11-14,16H2,1-3H3.